The Balaban J connectivity index is 2.73. The van der Waals surface area contributed by atoms with Crippen LogP contribution in [0.15, 0.2) is 17.6 Å². The average molecular weight is 259 g/mol. The number of rotatable bonds is 4. The minimum absolute atomic E-state index is 0.0818. The van der Waals surface area contributed by atoms with E-state index >= 15 is 0 Å². The van der Waals surface area contributed by atoms with Gasteiger partial charge in [-0.25, -0.2) is 18.1 Å². The van der Waals surface area contributed by atoms with Crippen LogP contribution in [0.3, 0.4) is 0 Å². The molecule has 0 spiro atoms. The number of carbonyl (C=O) groups excluding carboxylic acids is 1. The molecule has 1 aromatic heterocycles. The second kappa shape index (κ2) is 4.58. The molecule has 0 amide bonds. The molecule has 96 valence electrons. The van der Waals surface area contributed by atoms with Crippen LogP contribution in [0.4, 0.5) is 0 Å². The normalized spacial score (nSPS) is 12.7. The van der Waals surface area contributed by atoms with Gasteiger partial charge in [-0.1, -0.05) is 20.8 Å². The van der Waals surface area contributed by atoms with Crippen molar-refractivity contribution < 1.29 is 13.2 Å². The molecule has 0 bridgehead atoms. The number of nitrogens with zero attached hydrogens (tertiary/aromatic N) is 2. The van der Waals surface area contributed by atoms with Gasteiger partial charge in [0.05, 0.1) is 12.9 Å². The topological polar surface area (TPSA) is 81.1 Å². The Hall–Kier alpha value is -1.21. The van der Waals surface area contributed by atoms with Crippen LogP contribution in [0, 0.1) is 5.41 Å². The molecule has 0 radical (unpaired) electrons. The number of sulfonamides is 1. The Bertz CT molecular complexity index is 511. The Labute approximate surface area is 101 Å². The summed E-state index contributed by atoms with van der Waals surface area (Å²) in [4.78, 5) is 15.3. The van der Waals surface area contributed by atoms with Gasteiger partial charge in [0.2, 0.25) is 0 Å². The van der Waals surface area contributed by atoms with Crippen LogP contribution < -0.4 is 4.72 Å². The van der Waals surface area contributed by atoms with Crippen molar-refractivity contribution >= 4 is 15.8 Å². The van der Waals surface area contributed by atoms with Gasteiger partial charge < -0.3 is 4.57 Å². The summed E-state index contributed by atoms with van der Waals surface area (Å²) >= 11 is 0. The van der Waals surface area contributed by atoms with Gasteiger partial charge in [0, 0.05) is 18.7 Å². The summed E-state index contributed by atoms with van der Waals surface area (Å²) in [6.07, 6.45) is 2.77. The molecular weight excluding hydrogens is 242 g/mol. The van der Waals surface area contributed by atoms with Crippen molar-refractivity contribution in [2.75, 3.05) is 6.54 Å². The lowest BCUT2D eigenvalue weighted by Crippen LogP contribution is -2.35. The number of imidazole rings is 1. The lowest BCUT2D eigenvalue weighted by molar-refractivity contribution is -0.125. The fourth-order valence-corrected chi connectivity index (χ4v) is 1.99. The van der Waals surface area contributed by atoms with Crippen molar-refractivity contribution in [2.45, 2.75) is 25.8 Å². The van der Waals surface area contributed by atoms with Crippen molar-refractivity contribution in [1.29, 1.82) is 0 Å². The number of carbonyl (C=O) groups is 1. The molecule has 0 atom stereocenters. The van der Waals surface area contributed by atoms with Gasteiger partial charge in [-0.15, -0.1) is 0 Å². The summed E-state index contributed by atoms with van der Waals surface area (Å²) in [5, 5.41) is -0.0818. The van der Waals surface area contributed by atoms with E-state index in [1.807, 2.05) is 0 Å². The molecule has 6 nitrogen and oxygen atoms in total. The fraction of sp³-hybridized carbons (Fsp3) is 0.600. The van der Waals surface area contributed by atoms with Gasteiger partial charge >= 0.3 is 0 Å². The first-order valence-electron chi connectivity index (χ1n) is 5.14. The summed E-state index contributed by atoms with van der Waals surface area (Å²) in [5.41, 5.74) is -0.563. The minimum atomic E-state index is -3.70. The summed E-state index contributed by atoms with van der Waals surface area (Å²) in [5.74, 6) is -0.169. The van der Waals surface area contributed by atoms with Crippen LogP contribution in [0.1, 0.15) is 20.8 Å². The molecule has 0 unspecified atom stereocenters. The quantitative estimate of drug-likeness (QED) is 0.844. The molecule has 1 heterocycles. The third-order valence-corrected chi connectivity index (χ3v) is 3.50. The zero-order valence-electron chi connectivity index (χ0n) is 10.4. The highest BCUT2D eigenvalue weighted by Crippen LogP contribution is 2.14. The first-order valence-corrected chi connectivity index (χ1v) is 6.62. The maximum atomic E-state index is 11.7. The summed E-state index contributed by atoms with van der Waals surface area (Å²) < 4.78 is 27.2. The SMILES string of the molecule is Cn1cnc(S(=O)(=O)NCC(=O)C(C)(C)C)c1. The summed E-state index contributed by atoms with van der Waals surface area (Å²) in [6, 6.07) is 0. The Morgan fingerprint density at radius 1 is 1.47 bits per heavy atom. The lowest BCUT2D eigenvalue weighted by Gasteiger charge is -2.16. The fourth-order valence-electron chi connectivity index (χ4n) is 1.03. The zero-order valence-corrected chi connectivity index (χ0v) is 11.2. The molecule has 0 saturated heterocycles. The zero-order chi connectivity index (χ0) is 13.3. The van der Waals surface area contributed by atoms with Gasteiger partial charge in [0.1, 0.15) is 0 Å². The van der Waals surface area contributed by atoms with Crippen LogP contribution in [0.25, 0.3) is 0 Å². The van der Waals surface area contributed by atoms with Crippen LogP contribution in [0.5, 0.6) is 0 Å². The summed E-state index contributed by atoms with van der Waals surface area (Å²) in [6.45, 7) is 5.00. The number of nitrogens with one attached hydrogen (secondary N) is 1. The number of ketones is 1. The minimum Gasteiger partial charge on any atom is -0.339 e. The predicted molar refractivity (Wildman–Crippen MR) is 62.9 cm³/mol. The van der Waals surface area contributed by atoms with Crippen LogP contribution in [-0.4, -0.2) is 30.3 Å². The van der Waals surface area contributed by atoms with E-state index in [4.69, 9.17) is 0 Å². The van der Waals surface area contributed by atoms with E-state index in [0.29, 0.717) is 0 Å². The Morgan fingerprint density at radius 3 is 2.47 bits per heavy atom. The largest absolute Gasteiger partial charge is 0.339 e. The van der Waals surface area contributed by atoms with E-state index in [1.165, 1.54) is 17.1 Å². The molecule has 17 heavy (non-hydrogen) atoms. The second-order valence-electron chi connectivity index (χ2n) is 4.88. The van der Waals surface area contributed by atoms with Crippen molar-refractivity contribution in [2.24, 2.45) is 12.5 Å². The smallest absolute Gasteiger partial charge is 0.259 e. The van der Waals surface area contributed by atoms with Gasteiger partial charge in [0.25, 0.3) is 10.0 Å². The van der Waals surface area contributed by atoms with Gasteiger partial charge in [-0.3, -0.25) is 4.79 Å². The molecule has 1 N–H and O–H groups in total. The summed E-state index contributed by atoms with van der Waals surface area (Å²) in [7, 11) is -2.02. The molecule has 7 heteroatoms. The monoisotopic (exact) mass is 259 g/mol. The highest BCUT2D eigenvalue weighted by atomic mass is 32.2. The first-order chi connectivity index (χ1) is 7.63. The number of aryl methyl sites for hydroxylation is 1. The number of hydrogen-bond acceptors (Lipinski definition) is 4. The van der Waals surface area contributed by atoms with E-state index in [-0.39, 0.29) is 17.4 Å². The van der Waals surface area contributed by atoms with Crippen molar-refractivity contribution in [1.82, 2.24) is 14.3 Å². The molecule has 1 rings (SSSR count). The Morgan fingerprint density at radius 2 is 2.06 bits per heavy atom. The molecular formula is C10H17N3O3S. The van der Waals surface area contributed by atoms with Crippen molar-refractivity contribution in [3.63, 3.8) is 0 Å². The first kappa shape index (κ1) is 13.9. The molecule has 0 aliphatic rings. The van der Waals surface area contributed by atoms with Crippen molar-refractivity contribution in [3.8, 4) is 0 Å². The van der Waals surface area contributed by atoms with E-state index in [2.05, 4.69) is 9.71 Å². The van der Waals surface area contributed by atoms with Crippen LogP contribution in [0.2, 0.25) is 0 Å². The third-order valence-electron chi connectivity index (χ3n) is 2.22. The molecule has 1 aromatic rings. The van der Waals surface area contributed by atoms with Gasteiger partial charge in [0.15, 0.2) is 10.8 Å². The molecule has 0 saturated carbocycles. The van der Waals surface area contributed by atoms with E-state index in [1.54, 1.807) is 27.8 Å². The predicted octanol–water partition coefficient (Wildman–Crippen LogP) is 0.314. The third kappa shape index (κ3) is 3.64. The van der Waals surface area contributed by atoms with Gasteiger partial charge in [-0.05, 0) is 0 Å². The molecule has 0 aliphatic heterocycles. The maximum Gasteiger partial charge on any atom is 0.259 e. The maximum absolute atomic E-state index is 11.7. The second-order valence-corrected chi connectivity index (χ2v) is 6.59. The highest BCUT2D eigenvalue weighted by molar-refractivity contribution is 7.89. The molecule has 0 aromatic carbocycles. The average Bonchev–Trinajstić information content (AvgIpc) is 2.60. The number of aromatic nitrogens is 2. The van der Waals surface area contributed by atoms with Gasteiger partial charge in [-0.2, -0.15) is 0 Å². The van der Waals surface area contributed by atoms with E-state index in [0.717, 1.165) is 0 Å². The number of Topliss-reactive ketones (excluding diaryl/α,β-unsaturated/α-hetero) is 1. The standard InChI is InChI=1S/C10H17N3O3S/c1-10(2,3)8(14)5-12-17(15,16)9-6-13(4)7-11-9/h6-7,12H,5H2,1-4H3. The Kier molecular flexibility index (Phi) is 3.73. The molecule has 0 aliphatic carbocycles. The van der Waals surface area contributed by atoms with E-state index in [9.17, 15) is 13.2 Å². The van der Waals surface area contributed by atoms with E-state index < -0.39 is 15.4 Å². The number of hydrogen-bond donors (Lipinski definition) is 1. The van der Waals surface area contributed by atoms with Crippen molar-refractivity contribution in [3.05, 3.63) is 12.5 Å². The lowest BCUT2D eigenvalue weighted by atomic mass is 9.91. The highest BCUT2D eigenvalue weighted by Gasteiger charge is 2.24. The molecule has 0 fully saturated rings. The van der Waals surface area contributed by atoms with Crippen LogP contribution >= 0.6 is 0 Å². The van der Waals surface area contributed by atoms with Crippen LogP contribution in [-0.2, 0) is 21.9 Å².